The Kier molecular flexibility index (Phi) is 4.93. The average Bonchev–Trinajstić information content (AvgIpc) is 3.06. The number of carboxylic acid groups (broad SMARTS) is 1. The fourth-order valence-electron chi connectivity index (χ4n) is 2.10. The summed E-state index contributed by atoms with van der Waals surface area (Å²) in [6, 6.07) is 6.02. The predicted octanol–water partition coefficient (Wildman–Crippen LogP) is 2.10. The van der Waals surface area contributed by atoms with E-state index in [0.29, 0.717) is 12.0 Å². The Morgan fingerprint density at radius 1 is 1.32 bits per heavy atom. The number of imidazole rings is 1. The molecule has 0 saturated heterocycles. The molecule has 6 heteroatoms. The third-order valence-electron chi connectivity index (χ3n) is 3.70. The zero-order valence-electron chi connectivity index (χ0n) is 12.6. The molecule has 0 aliphatic carbocycles. The number of hydrogen-bond donors (Lipinski definition) is 2. The summed E-state index contributed by atoms with van der Waals surface area (Å²) in [4.78, 5) is 27.4. The molecule has 1 aromatic heterocycles. The molecule has 0 radical (unpaired) electrons. The summed E-state index contributed by atoms with van der Waals surface area (Å²) < 4.78 is 1.82. The average molecular weight is 301 g/mol. The van der Waals surface area contributed by atoms with E-state index in [0.717, 1.165) is 5.69 Å². The molecule has 2 unspecified atom stereocenters. The molecule has 1 amide bonds. The van der Waals surface area contributed by atoms with Gasteiger partial charge in [-0.15, -0.1) is 0 Å². The molecule has 0 spiro atoms. The van der Waals surface area contributed by atoms with Crippen molar-refractivity contribution in [3.8, 4) is 5.69 Å². The minimum absolute atomic E-state index is 0.133. The first-order valence-electron chi connectivity index (χ1n) is 7.15. The molecule has 0 saturated carbocycles. The summed E-state index contributed by atoms with van der Waals surface area (Å²) in [5.41, 5.74) is 1.31. The molecule has 0 aliphatic rings. The lowest BCUT2D eigenvalue weighted by Gasteiger charge is -2.20. The number of carboxylic acids is 1. The first-order chi connectivity index (χ1) is 10.5. The van der Waals surface area contributed by atoms with Gasteiger partial charge in [0.2, 0.25) is 0 Å². The van der Waals surface area contributed by atoms with Crippen LogP contribution in [0, 0.1) is 5.92 Å². The van der Waals surface area contributed by atoms with Crippen LogP contribution in [0.2, 0.25) is 0 Å². The zero-order chi connectivity index (χ0) is 16.1. The van der Waals surface area contributed by atoms with Gasteiger partial charge in [0, 0.05) is 23.6 Å². The summed E-state index contributed by atoms with van der Waals surface area (Å²) >= 11 is 0. The molecular weight excluding hydrogens is 282 g/mol. The van der Waals surface area contributed by atoms with Gasteiger partial charge in [0.15, 0.2) is 0 Å². The first kappa shape index (κ1) is 15.8. The van der Waals surface area contributed by atoms with Crippen LogP contribution in [-0.2, 0) is 4.79 Å². The largest absolute Gasteiger partial charge is 0.480 e. The van der Waals surface area contributed by atoms with E-state index in [1.165, 1.54) is 0 Å². The molecule has 116 valence electrons. The number of aliphatic carboxylic acids is 1. The zero-order valence-corrected chi connectivity index (χ0v) is 12.6. The third kappa shape index (κ3) is 3.52. The number of rotatable bonds is 6. The summed E-state index contributed by atoms with van der Waals surface area (Å²) in [6.45, 7) is 3.70. The van der Waals surface area contributed by atoms with Crippen molar-refractivity contribution in [3.05, 3.63) is 48.5 Å². The quantitative estimate of drug-likeness (QED) is 0.855. The predicted molar refractivity (Wildman–Crippen MR) is 81.9 cm³/mol. The maximum Gasteiger partial charge on any atom is 0.326 e. The van der Waals surface area contributed by atoms with Crippen molar-refractivity contribution < 1.29 is 14.7 Å². The van der Waals surface area contributed by atoms with Gasteiger partial charge in [0.1, 0.15) is 6.04 Å². The van der Waals surface area contributed by atoms with Crippen LogP contribution in [-0.4, -0.2) is 32.6 Å². The van der Waals surface area contributed by atoms with Crippen LogP contribution in [0.4, 0.5) is 0 Å². The van der Waals surface area contributed by atoms with Gasteiger partial charge in [0.05, 0.1) is 6.33 Å². The van der Waals surface area contributed by atoms with Gasteiger partial charge in [-0.1, -0.05) is 20.3 Å². The number of nitrogens with zero attached hydrogens (tertiary/aromatic N) is 2. The molecule has 2 rings (SSSR count). The second kappa shape index (κ2) is 6.89. The molecule has 1 heterocycles. The lowest BCUT2D eigenvalue weighted by molar-refractivity contribution is -0.140. The molecule has 1 aromatic carbocycles. The van der Waals surface area contributed by atoms with Gasteiger partial charge in [0.25, 0.3) is 5.91 Å². The number of benzene rings is 1. The summed E-state index contributed by atoms with van der Waals surface area (Å²) in [5, 5.41) is 11.8. The van der Waals surface area contributed by atoms with Gasteiger partial charge in [-0.2, -0.15) is 0 Å². The van der Waals surface area contributed by atoms with Crippen molar-refractivity contribution in [1.29, 1.82) is 0 Å². The lowest BCUT2D eigenvalue weighted by atomic mass is 9.99. The van der Waals surface area contributed by atoms with Crippen LogP contribution >= 0.6 is 0 Å². The number of nitrogens with one attached hydrogen (secondary N) is 1. The Balaban J connectivity index is 2.11. The summed E-state index contributed by atoms with van der Waals surface area (Å²) in [6.07, 6.45) is 5.82. The van der Waals surface area contributed by atoms with Crippen molar-refractivity contribution in [3.63, 3.8) is 0 Å². The van der Waals surface area contributed by atoms with E-state index in [9.17, 15) is 14.7 Å². The number of hydrogen-bond acceptors (Lipinski definition) is 3. The van der Waals surface area contributed by atoms with E-state index in [-0.39, 0.29) is 11.8 Å². The second-order valence-corrected chi connectivity index (χ2v) is 5.19. The fourth-order valence-corrected chi connectivity index (χ4v) is 2.10. The maximum absolute atomic E-state index is 12.2. The van der Waals surface area contributed by atoms with Gasteiger partial charge < -0.3 is 15.0 Å². The number of carbonyl (C=O) groups is 2. The van der Waals surface area contributed by atoms with E-state index >= 15 is 0 Å². The van der Waals surface area contributed by atoms with Crippen molar-refractivity contribution in [1.82, 2.24) is 14.9 Å². The molecular formula is C16H19N3O3. The van der Waals surface area contributed by atoms with E-state index < -0.39 is 12.0 Å². The van der Waals surface area contributed by atoms with Crippen LogP contribution in [0.3, 0.4) is 0 Å². The van der Waals surface area contributed by atoms with Gasteiger partial charge in [-0.05, 0) is 30.2 Å². The molecule has 6 nitrogen and oxygen atoms in total. The second-order valence-electron chi connectivity index (χ2n) is 5.19. The Morgan fingerprint density at radius 3 is 2.50 bits per heavy atom. The molecule has 2 aromatic rings. The summed E-state index contributed by atoms with van der Waals surface area (Å²) in [5.74, 6) is -1.53. The van der Waals surface area contributed by atoms with E-state index in [1.807, 2.05) is 11.5 Å². The van der Waals surface area contributed by atoms with Crippen LogP contribution < -0.4 is 5.32 Å². The van der Waals surface area contributed by atoms with Gasteiger partial charge in [-0.3, -0.25) is 4.79 Å². The standard InChI is InChI=1S/C16H19N3O3/c1-3-11(2)14(16(21)22)18-15(20)12-4-6-13(7-5-12)19-9-8-17-10-19/h4-11,14H,3H2,1-2H3,(H,18,20)(H,21,22). The molecule has 2 atom stereocenters. The Morgan fingerprint density at radius 2 is 2.00 bits per heavy atom. The van der Waals surface area contributed by atoms with Crippen LogP contribution in [0.25, 0.3) is 5.69 Å². The highest BCUT2D eigenvalue weighted by Crippen LogP contribution is 2.12. The third-order valence-corrected chi connectivity index (χ3v) is 3.70. The van der Waals surface area contributed by atoms with E-state index in [2.05, 4.69) is 10.3 Å². The lowest BCUT2D eigenvalue weighted by Crippen LogP contribution is -2.45. The highest BCUT2D eigenvalue weighted by atomic mass is 16.4. The van der Waals surface area contributed by atoms with Crippen molar-refractivity contribution in [2.45, 2.75) is 26.3 Å². The molecule has 0 aliphatic heterocycles. The number of amides is 1. The molecule has 2 N–H and O–H groups in total. The van der Waals surface area contributed by atoms with Crippen LogP contribution in [0.5, 0.6) is 0 Å². The van der Waals surface area contributed by atoms with Crippen molar-refractivity contribution in [2.24, 2.45) is 5.92 Å². The smallest absolute Gasteiger partial charge is 0.326 e. The fraction of sp³-hybridized carbons (Fsp3) is 0.312. The van der Waals surface area contributed by atoms with Crippen molar-refractivity contribution >= 4 is 11.9 Å². The van der Waals surface area contributed by atoms with Crippen LogP contribution in [0.1, 0.15) is 30.6 Å². The Labute approximate surface area is 128 Å². The molecule has 22 heavy (non-hydrogen) atoms. The Hall–Kier alpha value is -2.63. The highest BCUT2D eigenvalue weighted by Gasteiger charge is 2.25. The summed E-state index contributed by atoms with van der Waals surface area (Å²) in [7, 11) is 0. The minimum Gasteiger partial charge on any atom is -0.480 e. The van der Waals surface area contributed by atoms with Gasteiger partial charge in [-0.25, -0.2) is 9.78 Å². The number of aromatic nitrogens is 2. The Bertz CT molecular complexity index is 635. The van der Waals surface area contributed by atoms with E-state index in [4.69, 9.17) is 0 Å². The topological polar surface area (TPSA) is 84.2 Å². The maximum atomic E-state index is 12.2. The minimum atomic E-state index is -1.02. The normalized spacial score (nSPS) is 13.4. The van der Waals surface area contributed by atoms with E-state index in [1.54, 1.807) is 49.9 Å². The van der Waals surface area contributed by atoms with Crippen molar-refractivity contribution in [2.75, 3.05) is 0 Å². The molecule has 0 fully saturated rings. The molecule has 0 bridgehead atoms. The monoisotopic (exact) mass is 301 g/mol. The van der Waals surface area contributed by atoms with Gasteiger partial charge >= 0.3 is 5.97 Å². The number of carbonyl (C=O) groups excluding carboxylic acids is 1. The highest BCUT2D eigenvalue weighted by molar-refractivity contribution is 5.96. The first-order valence-corrected chi connectivity index (χ1v) is 7.15. The van der Waals surface area contributed by atoms with Crippen LogP contribution in [0.15, 0.2) is 43.0 Å². The SMILES string of the molecule is CCC(C)C(NC(=O)c1ccc(-n2ccnc2)cc1)C(=O)O.